The van der Waals surface area contributed by atoms with Crippen molar-refractivity contribution in [1.29, 1.82) is 0 Å². The molecule has 1 heterocycles. The number of para-hydroxylation sites is 1. The fourth-order valence-electron chi connectivity index (χ4n) is 1.45. The summed E-state index contributed by atoms with van der Waals surface area (Å²) in [5, 5.41) is 3.09. The summed E-state index contributed by atoms with van der Waals surface area (Å²) in [6.07, 6.45) is 3.72. The largest absolute Gasteiger partial charge is 0.467 e. The maximum atomic E-state index is 11.2. The lowest BCUT2D eigenvalue weighted by Gasteiger charge is -2.19. The second-order valence-electron chi connectivity index (χ2n) is 3.09. The van der Waals surface area contributed by atoms with Crippen molar-refractivity contribution < 1.29 is 9.53 Å². The molecule has 1 N–H and O–H groups in total. The Balaban J connectivity index is 0.00000112. The summed E-state index contributed by atoms with van der Waals surface area (Å²) in [4.78, 5) is 11.2. The maximum absolute atomic E-state index is 11.2. The van der Waals surface area contributed by atoms with Gasteiger partial charge in [0.05, 0.1) is 7.11 Å². The third-order valence-electron chi connectivity index (χ3n) is 2.20. The molecular formula is C11H12ClNO2. The van der Waals surface area contributed by atoms with Crippen molar-refractivity contribution in [2.75, 3.05) is 12.4 Å². The Kier molecular flexibility index (Phi) is 3.74. The highest BCUT2D eigenvalue weighted by atomic mass is 35.5. The van der Waals surface area contributed by atoms with E-state index in [4.69, 9.17) is 0 Å². The molecule has 0 amide bonds. The molecule has 0 aliphatic carbocycles. The maximum Gasteiger partial charge on any atom is 0.332 e. The molecule has 1 aromatic carbocycles. The van der Waals surface area contributed by atoms with E-state index in [1.807, 2.05) is 30.3 Å². The number of anilines is 1. The van der Waals surface area contributed by atoms with Gasteiger partial charge in [0, 0.05) is 5.69 Å². The van der Waals surface area contributed by atoms with Gasteiger partial charge in [-0.2, -0.15) is 0 Å². The van der Waals surface area contributed by atoms with Gasteiger partial charge in [-0.1, -0.05) is 30.4 Å². The average Bonchev–Trinajstić information content (AvgIpc) is 2.27. The molecule has 1 atom stereocenters. The molecule has 4 heteroatoms. The minimum atomic E-state index is -0.366. The molecule has 0 bridgehead atoms. The Morgan fingerprint density at radius 1 is 1.40 bits per heavy atom. The summed E-state index contributed by atoms with van der Waals surface area (Å²) < 4.78 is 4.65. The Hall–Kier alpha value is -1.48. The number of methoxy groups -OCH3 is 1. The summed E-state index contributed by atoms with van der Waals surface area (Å²) in [6.45, 7) is 0. The zero-order valence-corrected chi connectivity index (χ0v) is 9.08. The second-order valence-corrected chi connectivity index (χ2v) is 3.09. The first-order chi connectivity index (χ1) is 6.81. The van der Waals surface area contributed by atoms with Crippen LogP contribution >= 0.6 is 12.4 Å². The van der Waals surface area contributed by atoms with Crippen molar-refractivity contribution in [2.45, 2.75) is 6.04 Å². The van der Waals surface area contributed by atoms with Gasteiger partial charge in [0.25, 0.3) is 0 Å². The van der Waals surface area contributed by atoms with Crippen molar-refractivity contribution in [2.24, 2.45) is 0 Å². The molecule has 2 rings (SSSR count). The fraction of sp³-hybridized carbons (Fsp3) is 0.182. The molecule has 0 saturated heterocycles. The molecule has 0 radical (unpaired) electrons. The van der Waals surface area contributed by atoms with Crippen LogP contribution in [0.15, 0.2) is 30.3 Å². The molecule has 1 unspecified atom stereocenters. The molecule has 0 spiro atoms. The van der Waals surface area contributed by atoms with Gasteiger partial charge < -0.3 is 10.1 Å². The quantitative estimate of drug-likeness (QED) is 0.744. The van der Waals surface area contributed by atoms with E-state index >= 15 is 0 Å². The van der Waals surface area contributed by atoms with Crippen LogP contribution in [0.4, 0.5) is 5.69 Å². The van der Waals surface area contributed by atoms with Crippen LogP contribution in [0.5, 0.6) is 0 Å². The van der Waals surface area contributed by atoms with Crippen molar-refractivity contribution >= 4 is 30.1 Å². The van der Waals surface area contributed by atoms with E-state index in [9.17, 15) is 4.79 Å². The van der Waals surface area contributed by atoms with Crippen molar-refractivity contribution in [3.8, 4) is 0 Å². The lowest BCUT2D eigenvalue weighted by atomic mass is 10.1. The SMILES string of the molecule is COC(=O)C1C=Cc2ccccc2N1.Cl. The number of benzene rings is 1. The number of fused-ring (bicyclic) bond motifs is 1. The lowest BCUT2D eigenvalue weighted by molar-refractivity contribution is -0.140. The van der Waals surface area contributed by atoms with E-state index < -0.39 is 0 Å². The molecule has 0 fully saturated rings. The molecule has 3 nitrogen and oxygen atoms in total. The van der Waals surface area contributed by atoms with Crippen LogP contribution in [-0.4, -0.2) is 19.1 Å². The van der Waals surface area contributed by atoms with Crippen molar-refractivity contribution in [3.63, 3.8) is 0 Å². The number of esters is 1. The molecule has 15 heavy (non-hydrogen) atoms. The predicted molar refractivity (Wildman–Crippen MR) is 62.2 cm³/mol. The van der Waals surface area contributed by atoms with Gasteiger partial charge in [-0.15, -0.1) is 12.4 Å². The Morgan fingerprint density at radius 3 is 2.87 bits per heavy atom. The molecule has 1 aliphatic heterocycles. The third kappa shape index (κ3) is 2.30. The number of nitrogens with one attached hydrogen (secondary N) is 1. The standard InChI is InChI=1S/C11H11NO2.ClH/c1-14-11(13)10-7-6-8-4-2-3-5-9(8)12-10;/h2-7,10,12H,1H3;1H. The summed E-state index contributed by atoms with van der Waals surface area (Å²) >= 11 is 0. The second kappa shape index (κ2) is 4.84. The monoisotopic (exact) mass is 225 g/mol. The highest BCUT2D eigenvalue weighted by Gasteiger charge is 2.19. The number of ether oxygens (including phenoxy) is 1. The molecule has 1 aromatic rings. The smallest absolute Gasteiger partial charge is 0.332 e. The number of hydrogen-bond donors (Lipinski definition) is 1. The van der Waals surface area contributed by atoms with E-state index in [0.29, 0.717) is 0 Å². The first-order valence-corrected chi connectivity index (χ1v) is 4.43. The van der Waals surface area contributed by atoms with Crippen LogP contribution < -0.4 is 5.32 Å². The molecular weight excluding hydrogens is 214 g/mol. The molecule has 80 valence electrons. The Bertz CT molecular complexity index is 390. The summed E-state index contributed by atoms with van der Waals surface area (Å²) in [7, 11) is 1.39. The normalized spacial score (nSPS) is 17.0. The van der Waals surface area contributed by atoms with E-state index in [2.05, 4.69) is 10.1 Å². The number of rotatable bonds is 1. The van der Waals surface area contributed by atoms with E-state index in [-0.39, 0.29) is 24.4 Å². The summed E-state index contributed by atoms with van der Waals surface area (Å²) in [5.74, 6) is -0.268. The van der Waals surface area contributed by atoms with Gasteiger partial charge >= 0.3 is 5.97 Å². The van der Waals surface area contributed by atoms with Crippen molar-refractivity contribution in [1.82, 2.24) is 0 Å². The zero-order chi connectivity index (χ0) is 9.97. The minimum absolute atomic E-state index is 0. The van der Waals surface area contributed by atoms with Crippen molar-refractivity contribution in [3.05, 3.63) is 35.9 Å². The molecule has 0 aromatic heterocycles. The highest BCUT2D eigenvalue weighted by molar-refractivity contribution is 5.87. The zero-order valence-electron chi connectivity index (χ0n) is 8.27. The van der Waals surface area contributed by atoms with E-state index in [1.54, 1.807) is 6.08 Å². The van der Waals surface area contributed by atoms with Crippen LogP contribution in [0.1, 0.15) is 5.56 Å². The topological polar surface area (TPSA) is 38.3 Å². The number of halogens is 1. The van der Waals surface area contributed by atoms with Gasteiger partial charge in [0.2, 0.25) is 0 Å². The van der Waals surface area contributed by atoms with Crippen LogP contribution in [0.3, 0.4) is 0 Å². The minimum Gasteiger partial charge on any atom is -0.467 e. The lowest BCUT2D eigenvalue weighted by Crippen LogP contribution is -2.30. The fourth-order valence-corrected chi connectivity index (χ4v) is 1.45. The average molecular weight is 226 g/mol. The van der Waals surface area contributed by atoms with Crippen LogP contribution in [0.25, 0.3) is 6.08 Å². The van der Waals surface area contributed by atoms with Crippen LogP contribution in [-0.2, 0) is 9.53 Å². The van der Waals surface area contributed by atoms with Gasteiger partial charge in [-0.3, -0.25) is 0 Å². The van der Waals surface area contributed by atoms with Gasteiger partial charge in [-0.25, -0.2) is 4.79 Å². The molecule has 1 aliphatic rings. The van der Waals surface area contributed by atoms with Gasteiger partial charge in [0.1, 0.15) is 6.04 Å². The van der Waals surface area contributed by atoms with Gasteiger partial charge in [0.15, 0.2) is 0 Å². The van der Waals surface area contributed by atoms with E-state index in [0.717, 1.165) is 11.3 Å². The number of carbonyl (C=O) groups excluding carboxylic acids is 1. The first-order valence-electron chi connectivity index (χ1n) is 4.43. The van der Waals surface area contributed by atoms with Gasteiger partial charge in [-0.05, 0) is 11.6 Å². The first kappa shape index (κ1) is 11.6. The third-order valence-corrected chi connectivity index (χ3v) is 2.20. The van der Waals surface area contributed by atoms with Crippen LogP contribution in [0.2, 0.25) is 0 Å². The summed E-state index contributed by atoms with van der Waals surface area (Å²) in [6, 6.07) is 7.46. The summed E-state index contributed by atoms with van der Waals surface area (Å²) in [5.41, 5.74) is 2.05. The Morgan fingerprint density at radius 2 is 2.13 bits per heavy atom. The number of carbonyl (C=O) groups is 1. The Labute approximate surface area is 94.5 Å². The van der Waals surface area contributed by atoms with Crippen LogP contribution in [0, 0.1) is 0 Å². The van der Waals surface area contributed by atoms with E-state index in [1.165, 1.54) is 7.11 Å². The number of hydrogen-bond acceptors (Lipinski definition) is 3. The highest BCUT2D eigenvalue weighted by Crippen LogP contribution is 2.22. The molecule has 0 saturated carbocycles. The predicted octanol–water partition coefficient (Wildman–Crippen LogP) is 2.09.